The SMILES string of the molecule is CCOc1nc(N(C)C)ncc1C(=O)NC1C[C@H]2CC[C@@H](C1)N2Cc1ccccc1.O=C(O)/C=C\C(=O)O. The fraction of sp³-hybridized carbons (Fsp3) is 0.444. The number of anilines is 1. The van der Waals surface area contributed by atoms with E-state index in [1.165, 1.54) is 18.4 Å². The van der Waals surface area contributed by atoms with Crippen molar-refractivity contribution in [3.05, 3.63) is 59.8 Å². The number of benzene rings is 1. The Labute approximate surface area is 222 Å². The number of carbonyl (C=O) groups is 3. The van der Waals surface area contributed by atoms with Crippen molar-refractivity contribution in [2.75, 3.05) is 25.6 Å². The van der Waals surface area contributed by atoms with Gasteiger partial charge in [0.25, 0.3) is 5.91 Å². The molecule has 0 radical (unpaired) electrons. The fourth-order valence-electron chi connectivity index (χ4n) is 4.83. The number of hydrogen-bond donors (Lipinski definition) is 3. The summed E-state index contributed by atoms with van der Waals surface area (Å²) >= 11 is 0. The number of rotatable bonds is 9. The molecule has 3 atom stereocenters. The number of ether oxygens (including phenoxy) is 1. The zero-order chi connectivity index (χ0) is 27.7. The molecule has 0 spiro atoms. The minimum atomic E-state index is -1.26. The average molecular weight is 526 g/mol. The van der Waals surface area contributed by atoms with Crippen LogP contribution in [0.15, 0.2) is 48.7 Å². The van der Waals surface area contributed by atoms with Gasteiger partial charge in [-0.05, 0) is 38.2 Å². The molecule has 2 aromatic rings. The van der Waals surface area contributed by atoms with Crippen LogP contribution >= 0.6 is 0 Å². The number of amides is 1. The lowest BCUT2D eigenvalue weighted by Gasteiger charge is -2.39. The van der Waals surface area contributed by atoms with Crippen molar-refractivity contribution in [3.63, 3.8) is 0 Å². The Balaban J connectivity index is 0.000000436. The van der Waals surface area contributed by atoms with Crippen molar-refractivity contribution in [1.29, 1.82) is 0 Å². The second kappa shape index (κ2) is 13.5. The topological polar surface area (TPSA) is 145 Å². The van der Waals surface area contributed by atoms with Crippen LogP contribution in [0.3, 0.4) is 0 Å². The number of carboxylic acid groups (broad SMARTS) is 2. The van der Waals surface area contributed by atoms with Gasteiger partial charge in [0.1, 0.15) is 5.56 Å². The van der Waals surface area contributed by atoms with Gasteiger partial charge in [-0.3, -0.25) is 9.69 Å². The van der Waals surface area contributed by atoms with E-state index < -0.39 is 11.9 Å². The number of carbonyl (C=O) groups excluding carboxylic acids is 1. The van der Waals surface area contributed by atoms with E-state index in [4.69, 9.17) is 14.9 Å². The van der Waals surface area contributed by atoms with E-state index in [0.717, 1.165) is 19.4 Å². The van der Waals surface area contributed by atoms with Gasteiger partial charge in [0.05, 0.1) is 6.61 Å². The highest BCUT2D eigenvalue weighted by Gasteiger charge is 2.41. The molecule has 11 nitrogen and oxygen atoms in total. The number of carboxylic acids is 2. The Morgan fingerprint density at radius 1 is 1.08 bits per heavy atom. The molecule has 0 aliphatic carbocycles. The smallest absolute Gasteiger partial charge is 0.328 e. The van der Waals surface area contributed by atoms with Gasteiger partial charge in [-0.15, -0.1) is 0 Å². The molecule has 2 aliphatic rings. The van der Waals surface area contributed by atoms with Gasteiger partial charge in [-0.25, -0.2) is 14.6 Å². The summed E-state index contributed by atoms with van der Waals surface area (Å²) in [6.45, 7) is 3.33. The fourth-order valence-corrected chi connectivity index (χ4v) is 4.83. The maximum absolute atomic E-state index is 13.0. The molecule has 1 unspecified atom stereocenters. The summed E-state index contributed by atoms with van der Waals surface area (Å²) < 4.78 is 5.63. The molecule has 2 saturated heterocycles. The van der Waals surface area contributed by atoms with Gasteiger partial charge in [-0.1, -0.05) is 30.3 Å². The Morgan fingerprint density at radius 3 is 2.21 bits per heavy atom. The summed E-state index contributed by atoms with van der Waals surface area (Å²) in [6.07, 6.45) is 7.06. The third-order valence-electron chi connectivity index (χ3n) is 6.46. The molecule has 2 aliphatic heterocycles. The van der Waals surface area contributed by atoms with E-state index in [9.17, 15) is 14.4 Å². The van der Waals surface area contributed by atoms with Crippen molar-refractivity contribution in [2.24, 2.45) is 0 Å². The van der Waals surface area contributed by atoms with Crippen LogP contribution in [-0.2, 0) is 16.1 Å². The van der Waals surface area contributed by atoms with Crippen LogP contribution in [0.5, 0.6) is 5.88 Å². The van der Waals surface area contributed by atoms with Crippen molar-refractivity contribution in [1.82, 2.24) is 20.2 Å². The first kappa shape index (κ1) is 28.6. The van der Waals surface area contributed by atoms with Crippen LogP contribution in [0, 0.1) is 0 Å². The summed E-state index contributed by atoms with van der Waals surface area (Å²) in [7, 11) is 3.73. The lowest BCUT2D eigenvalue weighted by Crippen LogP contribution is -2.50. The van der Waals surface area contributed by atoms with Crippen molar-refractivity contribution < 1.29 is 29.3 Å². The number of aliphatic carboxylic acids is 2. The molecule has 2 fully saturated rings. The molecule has 1 aromatic carbocycles. The van der Waals surface area contributed by atoms with Crippen LogP contribution in [-0.4, -0.2) is 81.8 Å². The van der Waals surface area contributed by atoms with Crippen molar-refractivity contribution in [2.45, 2.75) is 57.3 Å². The van der Waals surface area contributed by atoms with Crippen LogP contribution in [0.2, 0.25) is 0 Å². The third-order valence-corrected chi connectivity index (χ3v) is 6.46. The molecule has 204 valence electrons. The number of nitrogens with zero attached hydrogens (tertiary/aromatic N) is 4. The second-order valence-corrected chi connectivity index (χ2v) is 9.41. The van der Waals surface area contributed by atoms with Crippen molar-refractivity contribution >= 4 is 23.8 Å². The molecule has 3 N–H and O–H groups in total. The van der Waals surface area contributed by atoms with Crippen LogP contribution in [0.1, 0.15) is 48.5 Å². The minimum absolute atomic E-state index is 0.148. The lowest BCUT2D eigenvalue weighted by molar-refractivity contribution is -0.134. The Morgan fingerprint density at radius 2 is 1.68 bits per heavy atom. The Hall–Kier alpha value is -3.99. The molecule has 1 aromatic heterocycles. The standard InChI is InChI=1S/C23H31N5O2.C4H4O4/c1-4-30-22-20(14-24-23(26-22)27(2)3)21(29)25-17-12-18-10-11-19(13-17)28(18)15-16-8-6-5-7-9-16;5-3(6)1-2-4(7)8/h5-9,14,17-19H,4,10-13,15H2,1-3H3,(H,25,29);1-2H,(H,5,6)(H,7,8)/b;2-1-/t17?,18-,19+;. The van der Waals surface area contributed by atoms with Gasteiger partial charge in [0, 0.05) is 57.1 Å². The monoisotopic (exact) mass is 525 g/mol. The van der Waals surface area contributed by atoms with E-state index in [-0.39, 0.29) is 11.9 Å². The zero-order valence-electron chi connectivity index (χ0n) is 21.9. The summed E-state index contributed by atoms with van der Waals surface area (Å²) in [4.78, 5) is 45.2. The number of aromatic nitrogens is 2. The highest BCUT2D eigenvalue weighted by molar-refractivity contribution is 5.96. The summed E-state index contributed by atoms with van der Waals surface area (Å²) in [6, 6.07) is 11.9. The van der Waals surface area contributed by atoms with Gasteiger partial charge in [0.2, 0.25) is 11.8 Å². The first-order valence-corrected chi connectivity index (χ1v) is 12.6. The largest absolute Gasteiger partial charge is 0.478 e. The first-order valence-electron chi connectivity index (χ1n) is 12.6. The quantitative estimate of drug-likeness (QED) is 0.418. The zero-order valence-corrected chi connectivity index (χ0v) is 21.9. The Bertz CT molecular complexity index is 1110. The normalized spacial score (nSPS) is 20.3. The van der Waals surface area contributed by atoms with Gasteiger partial charge >= 0.3 is 11.9 Å². The van der Waals surface area contributed by atoms with E-state index in [1.807, 2.05) is 21.0 Å². The van der Waals surface area contributed by atoms with E-state index >= 15 is 0 Å². The third kappa shape index (κ3) is 8.01. The van der Waals surface area contributed by atoms with Gasteiger partial charge in [0.15, 0.2) is 0 Å². The maximum Gasteiger partial charge on any atom is 0.328 e. The minimum Gasteiger partial charge on any atom is -0.478 e. The molecular formula is C27H35N5O6. The van der Waals surface area contributed by atoms with Gasteiger partial charge < -0.3 is 25.2 Å². The van der Waals surface area contributed by atoms with E-state index in [2.05, 4.69) is 50.5 Å². The molecule has 3 heterocycles. The van der Waals surface area contributed by atoms with Crippen molar-refractivity contribution in [3.8, 4) is 5.88 Å². The number of fused-ring (bicyclic) bond motifs is 2. The van der Waals surface area contributed by atoms with Crippen LogP contribution < -0.4 is 15.0 Å². The molecule has 0 saturated carbocycles. The lowest BCUT2D eigenvalue weighted by atomic mass is 9.96. The summed E-state index contributed by atoms with van der Waals surface area (Å²) in [5, 5.41) is 18.9. The second-order valence-electron chi connectivity index (χ2n) is 9.41. The average Bonchev–Trinajstić information content (AvgIpc) is 3.10. The maximum atomic E-state index is 13.0. The summed E-state index contributed by atoms with van der Waals surface area (Å²) in [5.41, 5.74) is 1.76. The van der Waals surface area contributed by atoms with E-state index in [1.54, 1.807) is 11.1 Å². The predicted molar refractivity (Wildman–Crippen MR) is 141 cm³/mol. The molecule has 11 heteroatoms. The van der Waals surface area contributed by atoms with Gasteiger partial charge in [-0.2, -0.15) is 4.98 Å². The van der Waals surface area contributed by atoms with Crippen LogP contribution in [0.25, 0.3) is 0 Å². The molecular weight excluding hydrogens is 490 g/mol. The molecule has 1 amide bonds. The Kier molecular flexibility index (Phi) is 10.2. The number of hydrogen-bond acceptors (Lipinski definition) is 8. The van der Waals surface area contributed by atoms with Crippen LogP contribution in [0.4, 0.5) is 5.95 Å². The summed E-state index contributed by atoms with van der Waals surface area (Å²) in [5.74, 6) is -1.79. The number of nitrogens with one attached hydrogen (secondary N) is 1. The highest BCUT2D eigenvalue weighted by Crippen LogP contribution is 2.37. The highest BCUT2D eigenvalue weighted by atomic mass is 16.5. The predicted octanol–water partition coefficient (Wildman–Crippen LogP) is 2.58. The molecule has 38 heavy (non-hydrogen) atoms. The molecule has 2 bridgehead atoms. The molecule has 4 rings (SSSR count). The first-order chi connectivity index (χ1) is 18.2. The van der Waals surface area contributed by atoms with E-state index in [0.29, 0.717) is 48.2 Å². The number of piperidine rings is 1.